The molecule has 1 amide bonds. The number of nitrogens with one attached hydrogen (secondary N) is 2. The Kier molecular flexibility index (Phi) is 5.52. The monoisotopic (exact) mass is 381 g/mol. The van der Waals surface area contributed by atoms with Crippen molar-refractivity contribution in [1.29, 1.82) is 0 Å². The molecule has 0 saturated heterocycles. The number of anilines is 1. The first-order chi connectivity index (χ1) is 12.9. The third-order valence-electron chi connectivity index (χ3n) is 3.85. The number of rotatable bonds is 6. The van der Waals surface area contributed by atoms with E-state index in [4.69, 9.17) is 0 Å². The summed E-state index contributed by atoms with van der Waals surface area (Å²) in [5.41, 5.74) is 2.54. The number of sulfonamides is 1. The number of benzene rings is 2. The molecule has 0 aliphatic rings. The van der Waals surface area contributed by atoms with E-state index in [1.165, 1.54) is 12.1 Å². The summed E-state index contributed by atoms with van der Waals surface area (Å²) >= 11 is 0. The molecule has 6 nitrogen and oxygen atoms in total. The summed E-state index contributed by atoms with van der Waals surface area (Å²) in [5.74, 6) is -0.355. The zero-order valence-electron chi connectivity index (χ0n) is 14.7. The lowest BCUT2D eigenvalue weighted by Crippen LogP contribution is -2.23. The molecule has 138 valence electrons. The van der Waals surface area contributed by atoms with Crippen molar-refractivity contribution in [1.82, 2.24) is 10.3 Å². The van der Waals surface area contributed by atoms with Crippen LogP contribution in [0.3, 0.4) is 0 Å². The summed E-state index contributed by atoms with van der Waals surface area (Å²) in [4.78, 5) is 16.4. The molecule has 2 N–H and O–H groups in total. The van der Waals surface area contributed by atoms with Gasteiger partial charge >= 0.3 is 0 Å². The normalized spacial score (nSPS) is 11.0. The van der Waals surface area contributed by atoms with E-state index in [0.29, 0.717) is 12.2 Å². The first-order valence-electron chi connectivity index (χ1n) is 8.31. The number of nitrogens with zero attached hydrogens (tertiary/aromatic N) is 1. The Morgan fingerprint density at radius 2 is 1.85 bits per heavy atom. The second kappa shape index (κ2) is 8.01. The van der Waals surface area contributed by atoms with Crippen molar-refractivity contribution in [3.8, 4) is 0 Å². The molecule has 0 bridgehead atoms. The van der Waals surface area contributed by atoms with Gasteiger partial charge in [-0.2, -0.15) is 0 Å². The van der Waals surface area contributed by atoms with Crippen molar-refractivity contribution in [3.63, 3.8) is 0 Å². The maximum atomic E-state index is 12.6. The molecule has 0 saturated carbocycles. The van der Waals surface area contributed by atoms with Gasteiger partial charge in [0, 0.05) is 30.2 Å². The number of aromatic nitrogens is 1. The number of amides is 1. The lowest BCUT2D eigenvalue weighted by molar-refractivity contribution is 0.0950. The van der Waals surface area contributed by atoms with E-state index in [9.17, 15) is 13.2 Å². The van der Waals surface area contributed by atoms with Crippen LogP contribution in [0.15, 0.2) is 78.0 Å². The van der Waals surface area contributed by atoms with Gasteiger partial charge in [-0.3, -0.25) is 14.5 Å². The highest BCUT2D eigenvalue weighted by Gasteiger charge is 2.16. The fourth-order valence-electron chi connectivity index (χ4n) is 2.51. The topological polar surface area (TPSA) is 88.2 Å². The smallest absolute Gasteiger partial charge is 0.261 e. The Morgan fingerprint density at radius 3 is 2.59 bits per heavy atom. The molecule has 3 rings (SSSR count). The van der Waals surface area contributed by atoms with E-state index in [1.807, 2.05) is 19.1 Å². The highest BCUT2D eigenvalue weighted by Crippen LogP contribution is 2.18. The van der Waals surface area contributed by atoms with Gasteiger partial charge in [-0.15, -0.1) is 0 Å². The summed E-state index contributed by atoms with van der Waals surface area (Å²) in [7, 11) is -3.79. The molecular formula is C20H19N3O3S. The molecule has 27 heavy (non-hydrogen) atoms. The molecule has 1 heterocycles. The molecule has 0 unspecified atom stereocenters. The van der Waals surface area contributed by atoms with Crippen LogP contribution in [0.25, 0.3) is 0 Å². The lowest BCUT2D eigenvalue weighted by atomic mass is 10.2. The molecule has 0 aliphatic carbocycles. The van der Waals surface area contributed by atoms with Crippen LogP contribution in [-0.2, 0) is 16.6 Å². The predicted molar refractivity (Wildman–Crippen MR) is 104 cm³/mol. The zero-order chi connectivity index (χ0) is 19.3. The Bertz CT molecular complexity index is 1050. The van der Waals surface area contributed by atoms with Crippen LogP contribution in [0.5, 0.6) is 0 Å². The number of carbonyl (C=O) groups is 1. The molecule has 7 heteroatoms. The van der Waals surface area contributed by atoms with E-state index in [0.717, 1.165) is 11.1 Å². The van der Waals surface area contributed by atoms with Gasteiger partial charge in [0.05, 0.1) is 4.90 Å². The van der Waals surface area contributed by atoms with Gasteiger partial charge in [0.25, 0.3) is 15.9 Å². The molecule has 2 aromatic carbocycles. The molecule has 0 fully saturated rings. The van der Waals surface area contributed by atoms with Crippen LogP contribution in [0, 0.1) is 6.92 Å². The standard InChI is InChI=1S/C20H19N3O3S/c1-15-5-2-8-18(11-15)23-27(25,26)19-9-3-7-17(12-19)20(24)22-14-16-6-4-10-21-13-16/h2-13,23H,14H2,1H3,(H,22,24). The number of hydrogen-bond donors (Lipinski definition) is 2. The molecule has 0 radical (unpaired) electrons. The average molecular weight is 381 g/mol. The lowest BCUT2D eigenvalue weighted by Gasteiger charge is -2.10. The summed E-state index contributed by atoms with van der Waals surface area (Å²) in [6.45, 7) is 2.19. The van der Waals surface area contributed by atoms with Gasteiger partial charge < -0.3 is 5.32 Å². The Balaban J connectivity index is 1.75. The molecule has 0 aliphatic heterocycles. The second-order valence-electron chi connectivity index (χ2n) is 6.05. The molecular weight excluding hydrogens is 362 g/mol. The van der Waals surface area contributed by atoms with Crippen molar-refractivity contribution in [3.05, 3.63) is 89.7 Å². The maximum absolute atomic E-state index is 12.6. The number of aryl methyl sites for hydroxylation is 1. The van der Waals surface area contributed by atoms with Crippen molar-refractivity contribution >= 4 is 21.6 Å². The first kappa shape index (κ1) is 18.6. The van der Waals surface area contributed by atoms with E-state index in [-0.39, 0.29) is 16.4 Å². The van der Waals surface area contributed by atoms with Gasteiger partial charge in [0.2, 0.25) is 0 Å². The second-order valence-corrected chi connectivity index (χ2v) is 7.73. The van der Waals surface area contributed by atoms with E-state index < -0.39 is 10.0 Å². The number of carbonyl (C=O) groups excluding carboxylic acids is 1. The third kappa shape index (κ3) is 4.92. The summed E-state index contributed by atoms with van der Waals surface area (Å²) in [6, 6.07) is 16.6. The van der Waals surface area contributed by atoms with E-state index in [2.05, 4.69) is 15.0 Å². The van der Waals surface area contributed by atoms with Crippen LogP contribution < -0.4 is 10.0 Å². The van der Waals surface area contributed by atoms with Crippen molar-refractivity contribution < 1.29 is 13.2 Å². The SMILES string of the molecule is Cc1cccc(NS(=O)(=O)c2cccc(C(=O)NCc3cccnc3)c2)c1. The predicted octanol–water partition coefficient (Wildman–Crippen LogP) is 3.12. The Morgan fingerprint density at radius 1 is 1.04 bits per heavy atom. The van der Waals surface area contributed by atoms with Crippen LogP contribution in [0.4, 0.5) is 5.69 Å². The van der Waals surface area contributed by atoms with Crippen LogP contribution >= 0.6 is 0 Å². The zero-order valence-corrected chi connectivity index (χ0v) is 15.5. The van der Waals surface area contributed by atoms with Crippen LogP contribution in [0.2, 0.25) is 0 Å². The van der Waals surface area contributed by atoms with Crippen molar-refractivity contribution in [2.75, 3.05) is 4.72 Å². The highest BCUT2D eigenvalue weighted by molar-refractivity contribution is 7.92. The van der Waals surface area contributed by atoms with Crippen LogP contribution in [0.1, 0.15) is 21.5 Å². The van der Waals surface area contributed by atoms with Crippen molar-refractivity contribution in [2.45, 2.75) is 18.4 Å². The molecule has 1 aromatic heterocycles. The minimum absolute atomic E-state index is 0.0260. The molecule has 0 atom stereocenters. The van der Waals surface area contributed by atoms with Crippen LogP contribution in [-0.4, -0.2) is 19.3 Å². The molecule has 3 aromatic rings. The van der Waals surface area contributed by atoms with Gasteiger partial charge in [-0.05, 0) is 54.4 Å². The third-order valence-corrected chi connectivity index (χ3v) is 5.23. The Hall–Kier alpha value is -3.19. The Labute approximate surface area is 158 Å². The van der Waals surface area contributed by atoms with Gasteiger partial charge in [-0.1, -0.05) is 24.3 Å². The van der Waals surface area contributed by atoms with Gasteiger partial charge in [-0.25, -0.2) is 8.42 Å². The van der Waals surface area contributed by atoms with E-state index >= 15 is 0 Å². The van der Waals surface area contributed by atoms with Gasteiger partial charge in [0.15, 0.2) is 0 Å². The molecule has 0 spiro atoms. The minimum Gasteiger partial charge on any atom is -0.348 e. The minimum atomic E-state index is -3.79. The average Bonchev–Trinajstić information content (AvgIpc) is 2.67. The van der Waals surface area contributed by atoms with Crippen molar-refractivity contribution in [2.24, 2.45) is 0 Å². The largest absolute Gasteiger partial charge is 0.348 e. The summed E-state index contributed by atoms with van der Waals surface area (Å²) in [5, 5.41) is 2.76. The number of hydrogen-bond acceptors (Lipinski definition) is 4. The maximum Gasteiger partial charge on any atom is 0.261 e. The summed E-state index contributed by atoms with van der Waals surface area (Å²) < 4.78 is 27.8. The van der Waals surface area contributed by atoms with E-state index in [1.54, 1.807) is 48.8 Å². The quantitative estimate of drug-likeness (QED) is 0.687. The first-order valence-corrected chi connectivity index (χ1v) is 9.79. The summed E-state index contributed by atoms with van der Waals surface area (Å²) in [6.07, 6.45) is 3.31. The fourth-order valence-corrected chi connectivity index (χ4v) is 3.61. The van der Waals surface area contributed by atoms with Gasteiger partial charge in [0.1, 0.15) is 0 Å². The highest BCUT2D eigenvalue weighted by atomic mass is 32.2. The number of pyridine rings is 1. The fraction of sp³-hybridized carbons (Fsp3) is 0.100.